The summed E-state index contributed by atoms with van der Waals surface area (Å²) < 4.78 is 0. The van der Waals surface area contributed by atoms with Gasteiger partial charge >= 0.3 is 0 Å². The van der Waals surface area contributed by atoms with Crippen LogP contribution in [-0.4, -0.2) is 35.1 Å². The summed E-state index contributed by atoms with van der Waals surface area (Å²) in [6, 6.07) is 15.0. The maximum Gasteiger partial charge on any atom is 0.242 e. The molecule has 1 N–H and O–H groups in total. The van der Waals surface area contributed by atoms with E-state index >= 15 is 0 Å². The summed E-state index contributed by atoms with van der Waals surface area (Å²) in [6.45, 7) is 8.82. The van der Waals surface area contributed by atoms with Gasteiger partial charge in [-0.2, -0.15) is 0 Å². The predicted molar refractivity (Wildman–Crippen MR) is 127 cm³/mol. The zero-order valence-corrected chi connectivity index (χ0v) is 19.7. The molecule has 2 rings (SSSR count). The van der Waals surface area contributed by atoms with Crippen LogP contribution in [-0.2, 0) is 21.9 Å². The molecule has 0 radical (unpaired) electrons. The number of halogens is 1. The standard InChI is InChI=1S/C24H31ClN2O2S/c1-17(2)13-26-24(29)19(4)27(14-20-10-7-8-12-22(20)25)23(28)16-30-15-21-11-6-5-9-18(21)3/h5-12,17,19H,13-16H2,1-4H3,(H,26,29)/t19-/m0/s1. The molecule has 0 spiro atoms. The molecule has 0 bridgehead atoms. The van der Waals surface area contributed by atoms with Gasteiger partial charge in [-0.1, -0.05) is 67.9 Å². The second-order valence-electron chi connectivity index (χ2n) is 7.85. The number of amides is 2. The van der Waals surface area contributed by atoms with Crippen LogP contribution >= 0.6 is 23.4 Å². The van der Waals surface area contributed by atoms with Crippen molar-refractivity contribution in [2.75, 3.05) is 12.3 Å². The molecule has 2 amide bonds. The van der Waals surface area contributed by atoms with Gasteiger partial charge in [0.2, 0.25) is 11.8 Å². The largest absolute Gasteiger partial charge is 0.354 e. The SMILES string of the molecule is Cc1ccccc1CSCC(=O)N(Cc1ccccc1Cl)[C@@H](C)C(=O)NCC(C)C. The quantitative estimate of drug-likeness (QED) is 0.554. The topological polar surface area (TPSA) is 49.4 Å². The lowest BCUT2D eigenvalue weighted by Crippen LogP contribution is -2.48. The van der Waals surface area contributed by atoms with E-state index < -0.39 is 6.04 Å². The van der Waals surface area contributed by atoms with E-state index in [1.165, 1.54) is 11.1 Å². The smallest absolute Gasteiger partial charge is 0.242 e. The van der Waals surface area contributed by atoms with Gasteiger partial charge < -0.3 is 10.2 Å². The Morgan fingerprint density at radius 1 is 1.03 bits per heavy atom. The van der Waals surface area contributed by atoms with Crippen molar-refractivity contribution in [2.24, 2.45) is 5.92 Å². The molecule has 30 heavy (non-hydrogen) atoms. The fourth-order valence-corrected chi connectivity index (χ4v) is 4.13. The third-order valence-electron chi connectivity index (χ3n) is 4.89. The minimum atomic E-state index is -0.577. The Morgan fingerprint density at radius 3 is 2.30 bits per heavy atom. The summed E-state index contributed by atoms with van der Waals surface area (Å²) in [6.07, 6.45) is 0. The first-order chi connectivity index (χ1) is 14.3. The number of carbonyl (C=O) groups is 2. The highest BCUT2D eigenvalue weighted by molar-refractivity contribution is 7.99. The van der Waals surface area contributed by atoms with Crippen LogP contribution < -0.4 is 5.32 Å². The number of nitrogens with one attached hydrogen (secondary N) is 1. The highest BCUT2D eigenvalue weighted by Gasteiger charge is 2.26. The van der Waals surface area contributed by atoms with E-state index in [1.54, 1.807) is 29.7 Å². The molecule has 0 aliphatic heterocycles. The number of hydrogen-bond acceptors (Lipinski definition) is 3. The molecule has 2 aromatic carbocycles. The Kier molecular flexibility index (Phi) is 9.73. The number of carbonyl (C=O) groups excluding carboxylic acids is 2. The molecule has 0 aromatic heterocycles. The van der Waals surface area contributed by atoms with Crippen molar-refractivity contribution >= 4 is 35.2 Å². The normalized spacial score (nSPS) is 11.9. The van der Waals surface area contributed by atoms with Crippen molar-refractivity contribution in [1.82, 2.24) is 10.2 Å². The van der Waals surface area contributed by atoms with Crippen LogP contribution in [0.5, 0.6) is 0 Å². The second kappa shape index (κ2) is 12.0. The minimum absolute atomic E-state index is 0.0688. The first-order valence-electron chi connectivity index (χ1n) is 10.2. The second-order valence-corrected chi connectivity index (χ2v) is 9.24. The van der Waals surface area contributed by atoms with Gasteiger partial charge in [0, 0.05) is 23.9 Å². The lowest BCUT2D eigenvalue weighted by molar-refractivity contribution is -0.138. The van der Waals surface area contributed by atoms with Gasteiger partial charge in [0.25, 0.3) is 0 Å². The van der Waals surface area contributed by atoms with Crippen molar-refractivity contribution in [3.05, 3.63) is 70.2 Å². The van der Waals surface area contributed by atoms with Gasteiger partial charge in [0.05, 0.1) is 5.75 Å². The molecular weight excluding hydrogens is 416 g/mol. The lowest BCUT2D eigenvalue weighted by Gasteiger charge is -2.29. The van der Waals surface area contributed by atoms with Crippen molar-refractivity contribution in [3.63, 3.8) is 0 Å². The molecule has 0 heterocycles. The van der Waals surface area contributed by atoms with E-state index in [4.69, 9.17) is 11.6 Å². The molecule has 0 aliphatic rings. The van der Waals surface area contributed by atoms with Crippen LogP contribution in [0.15, 0.2) is 48.5 Å². The molecule has 0 aliphatic carbocycles. The van der Waals surface area contributed by atoms with Crippen molar-refractivity contribution in [2.45, 2.75) is 46.0 Å². The lowest BCUT2D eigenvalue weighted by atomic mass is 10.1. The summed E-state index contributed by atoms with van der Waals surface area (Å²) >= 11 is 7.88. The summed E-state index contributed by atoms with van der Waals surface area (Å²) in [4.78, 5) is 27.4. The van der Waals surface area contributed by atoms with Crippen LogP contribution in [0.25, 0.3) is 0 Å². The number of hydrogen-bond donors (Lipinski definition) is 1. The number of benzene rings is 2. The van der Waals surface area contributed by atoms with Gasteiger partial charge in [-0.25, -0.2) is 0 Å². The zero-order chi connectivity index (χ0) is 22.1. The van der Waals surface area contributed by atoms with Gasteiger partial charge in [-0.15, -0.1) is 11.8 Å². The van der Waals surface area contributed by atoms with Gasteiger partial charge in [0.15, 0.2) is 0 Å². The molecule has 0 unspecified atom stereocenters. The molecule has 162 valence electrons. The molecule has 2 aromatic rings. The molecule has 0 saturated heterocycles. The number of rotatable bonds is 10. The Morgan fingerprint density at radius 2 is 1.67 bits per heavy atom. The maximum atomic E-state index is 13.1. The molecular formula is C24H31ClN2O2S. The number of aryl methyl sites for hydroxylation is 1. The van der Waals surface area contributed by atoms with Gasteiger partial charge in [-0.05, 0) is 42.5 Å². The van der Waals surface area contributed by atoms with Crippen LogP contribution in [0, 0.1) is 12.8 Å². The van der Waals surface area contributed by atoms with Crippen LogP contribution in [0.4, 0.5) is 0 Å². The average Bonchev–Trinajstić information content (AvgIpc) is 2.72. The van der Waals surface area contributed by atoms with Crippen LogP contribution in [0.2, 0.25) is 5.02 Å². The summed E-state index contributed by atoms with van der Waals surface area (Å²) in [5.41, 5.74) is 3.27. The fraction of sp³-hybridized carbons (Fsp3) is 0.417. The van der Waals surface area contributed by atoms with Gasteiger partial charge in [-0.3, -0.25) is 9.59 Å². The molecule has 4 nitrogen and oxygen atoms in total. The van der Waals surface area contributed by atoms with E-state index in [-0.39, 0.29) is 11.8 Å². The third-order valence-corrected chi connectivity index (χ3v) is 6.23. The minimum Gasteiger partial charge on any atom is -0.354 e. The van der Waals surface area contributed by atoms with Gasteiger partial charge in [0.1, 0.15) is 6.04 Å². The first-order valence-corrected chi connectivity index (χ1v) is 11.8. The van der Waals surface area contributed by atoms with Crippen LogP contribution in [0.3, 0.4) is 0 Å². The molecule has 6 heteroatoms. The Balaban J connectivity index is 2.08. The van der Waals surface area contributed by atoms with E-state index in [2.05, 4.69) is 24.4 Å². The van der Waals surface area contributed by atoms with Crippen molar-refractivity contribution in [3.8, 4) is 0 Å². The highest BCUT2D eigenvalue weighted by atomic mass is 35.5. The molecule has 0 saturated carbocycles. The van der Waals surface area contributed by atoms with E-state index in [9.17, 15) is 9.59 Å². The predicted octanol–water partition coefficient (Wildman–Crippen LogP) is 5.07. The van der Waals surface area contributed by atoms with E-state index in [0.29, 0.717) is 29.8 Å². The summed E-state index contributed by atoms with van der Waals surface area (Å²) in [7, 11) is 0. The molecule has 1 atom stereocenters. The fourth-order valence-electron chi connectivity index (χ4n) is 2.95. The van der Waals surface area contributed by atoms with Crippen molar-refractivity contribution < 1.29 is 9.59 Å². The Labute approximate surface area is 189 Å². The maximum absolute atomic E-state index is 13.1. The summed E-state index contributed by atoms with van der Waals surface area (Å²) in [5.74, 6) is 1.19. The highest BCUT2D eigenvalue weighted by Crippen LogP contribution is 2.21. The average molecular weight is 447 g/mol. The van der Waals surface area contributed by atoms with E-state index in [0.717, 1.165) is 11.3 Å². The number of thioether (sulfide) groups is 1. The molecule has 0 fully saturated rings. The van der Waals surface area contributed by atoms with Crippen molar-refractivity contribution in [1.29, 1.82) is 0 Å². The third kappa shape index (κ3) is 7.37. The summed E-state index contributed by atoms with van der Waals surface area (Å²) in [5, 5.41) is 3.53. The number of nitrogens with zero attached hydrogens (tertiary/aromatic N) is 1. The van der Waals surface area contributed by atoms with Crippen LogP contribution in [0.1, 0.15) is 37.5 Å². The monoisotopic (exact) mass is 446 g/mol. The first kappa shape index (κ1) is 24.3. The Bertz CT molecular complexity index is 857. The zero-order valence-electron chi connectivity index (χ0n) is 18.2. The Hall–Kier alpha value is -1.98. The van der Waals surface area contributed by atoms with E-state index in [1.807, 2.05) is 44.2 Å².